The summed E-state index contributed by atoms with van der Waals surface area (Å²) in [6, 6.07) is 13.3. The van der Waals surface area contributed by atoms with Crippen LogP contribution in [0.15, 0.2) is 53.5 Å². The molecule has 1 amide bonds. The second kappa shape index (κ2) is 8.13. The predicted octanol–water partition coefficient (Wildman–Crippen LogP) is 5.85. The van der Waals surface area contributed by atoms with Crippen LogP contribution in [0.25, 0.3) is 32.9 Å². The average molecular weight is 408 g/mol. The lowest BCUT2D eigenvalue weighted by molar-refractivity contribution is -0.116. The Hall–Kier alpha value is -3.05. The molecule has 0 bridgehead atoms. The minimum absolute atomic E-state index is 0.0718. The number of anilines is 1. The second-order valence-electron chi connectivity index (χ2n) is 7.16. The first-order chi connectivity index (χ1) is 14.1. The summed E-state index contributed by atoms with van der Waals surface area (Å²) < 4.78 is 0. The molecular formula is C23H22ClN3O2. The highest BCUT2D eigenvalue weighted by atomic mass is 35.5. The molecule has 5 nitrogen and oxygen atoms in total. The first-order valence-electron chi connectivity index (χ1n) is 9.80. The highest BCUT2D eigenvalue weighted by molar-refractivity contribution is 6.38. The van der Waals surface area contributed by atoms with E-state index in [1.807, 2.05) is 42.6 Å². The molecule has 0 unspecified atom stereocenters. The summed E-state index contributed by atoms with van der Waals surface area (Å²) >= 11 is 6.50. The number of H-pyrrole nitrogens is 2. The number of carbonyl (C=O) groups is 1. The van der Waals surface area contributed by atoms with Crippen molar-refractivity contribution in [3.63, 3.8) is 0 Å². The lowest BCUT2D eigenvalue weighted by atomic mass is 10.0. The van der Waals surface area contributed by atoms with E-state index in [4.69, 9.17) is 11.6 Å². The van der Waals surface area contributed by atoms with Crippen LogP contribution < -0.4 is 10.9 Å². The van der Waals surface area contributed by atoms with Gasteiger partial charge in [-0.2, -0.15) is 0 Å². The van der Waals surface area contributed by atoms with Gasteiger partial charge in [-0.15, -0.1) is 0 Å². The van der Waals surface area contributed by atoms with Gasteiger partial charge in [-0.25, -0.2) is 0 Å². The van der Waals surface area contributed by atoms with Crippen LogP contribution in [-0.2, 0) is 4.79 Å². The number of amides is 1. The molecule has 4 rings (SSSR count). The molecule has 3 N–H and O–H groups in total. The third kappa shape index (κ3) is 3.78. The molecule has 2 heterocycles. The van der Waals surface area contributed by atoms with Gasteiger partial charge in [0.25, 0.3) is 5.56 Å². The first-order valence-corrected chi connectivity index (χ1v) is 10.2. The van der Waals surface area contributed by atoms with Crippen LogP contribution in [0.3, 0.4) is 0 Å². The third-order valence-corrected chi connectivity index (χ3v) is 5.51. The van der Waals surface area contributed by atoms with E-state index in [9.17, 15) is 9.59 Å². The molecule has 2 aromatic carbocycles. The van der Waals surface area contributed by atoms with Crippen molar-refractivity contribution in [1.29, 1.82) is 0 Å². The van der Waals surface area contributed by atoms with E-state index in [1.54, 1.807) is 6.07 Å². The number of pyridine rings is 1. The topological polar surface area (TPSA) is 77.8 Å². The Labute approximate surface area is 173 Å². The number of carbonyl (C=O) groups excluding carboxylic acids is 1. The highest BCUT2D eigenvalue weighted by Crippen LogP contribution is 2.32. The predicted molar refractivity (Wildman–Crippen MR) is 120 cm³/mol. The molecule has 0 saturated carbocycles. The standard InChI is InChI=1S/C23H22ClN3O2/c1-2-3-4-9-20(28)26-19-11-10-14-12-16(23(29)27-22(14)21(19)24)17-13-25-18-8-6-5-7-15(17)18/h5-8,10-13,25H,2-4,9H2,1H3,(H,26,28)(H,27,29). The molecule has 29 heavy (non-hydrogen) atoms. The Morgan fingerprint density at radius 3 is 2.76 bits per heavy atom. The lowest BCUT2D eigenvalue weighted by Gasteiger charge is -2.10. The molecule has 6 heteroatoms. The van der Waals surface area contributed by atoms with Crippen molar-refractivity contribution in [2.24, 2.45) is 0 Å². The van der Waals surface area contributed by atoms with Crippen LogP contribution in [0.1, 0.15) is 32.6 Å². The van der Waals surface area contributed by atoms with Gasteiger partial charge in [0, 0.05) is 40.0 Å². The number of rotatable bonds is 6. The molecular weight excluding hydrogens is 386 g/mol. The normalized spacial score (nSPS) is 11.2. The number of unbranched alkanes of at least 4 members (excludes halogenated alkanes) is 2. The number of fused-ring (bicyclic) bond motifs is 2. The lowest BCUT2D eigenvalue weighted by Crippen LogP contribution is -2.13. The molecule has 0 aliphatic heterocycles. The van der Waals surface area contributed by atoms with E-state index in [-0.39, 0.29) is 11.5 Å². The fourth-order valence-electron chi connectivity index (χ4n) is 3.58. The van der Waals surface area contributed by atoms with Gasteiger partial charge < -0.3 is 15.3 Å². The Balaban J connectivity index is 1.71. The van der Waals surface area contributed by atoms with Gasteiger partial charge in [-0.3, -0.25) is 9.59 Å². The summed E-state index contributed by atoms with van der Waals surface area (Å²) in [4.78, 5) is 31.0. The minimum Gasteiger partial charge on any atom is -0.361 e. The summed E-state index contributed by atoms with van der Waals surface area (Å²) in [5, 5.41) is 4.98. The maximum Gasteiger partial charge on any atom is 0.256 e. The van der Waals surface area contributed by atoms with Crippen molar-refractivity contribution in [2.75, 3.05) is 5.32 Å². The smallest absolute Gasteiger partial charge is 0.256 e. The molecule has 148 valence electrons. The van der Waals surface area contributed by atoms with E-state index in [0.717, 1.165) is 41.1 Å². The summed E-state index contributed by atoms with van der Waals surface area (Å²) in [5.41, 5.74) is 3.19. The number of halogens is 1. The van der Waals surface area contributed by atoms with Crippen LogP contribution in [-0.4, -0.2) is 15.9 Å². The minimum atomic E-state index is -0.226. The molecule has 0 atom stereocenters. The van der Waals surface area contributed by atoms with Gasteiger partial charge in [-0.05, 0) is 24.6 Å². The Morgan fingerprint density at radius 1 is 1.10 bits per heavy atom. The monoisotopic (exact) mass is 407 g/mol. The summed E-state index contributed by atoms with van der Waals surface area (Å²) in [6.45, 7) is 2.10. The van der Waals surface area contributed by atoms with Gasteiger partial charge in [0.2, 0.25) is 5.91 Å². The molecule has 0 fully saturated rings. The van der Waals surface area contributed by atoms with Gasteiger partial charge in [-0.1, -0.05) is 55.6 Å². The number of para-hydroxylation sites is 1. The Morgan fingerprint density at radius 2 is 1.93 bits per heavy atom. The van der Waals surface area contributed by atoms with Gasteiger partial charge in [0.15, 0.2) is 0 Å². The Bertz CT molecular complexity index is 1260. The second-order valence-corrected chi connectivity index (χ2v) is 7.53. The van der Waals surface area contributed by atoms with Crippen LogP contribution in [0.5, 0.6) is 0 Å². The fraction of sp³-hybridized carbons (Fsp3) is 0.217. The van der Waals surface area contributed by atoms with E-state index >= 15 is 0 Å². The summed E-state index contributed by atoms with van der Waals surface area (Å²) in [7, 11) is 0. The average Bonchev–Trinajstić information content (AvgIpc) is 3.14. The molecule has 0 aliphatic rings. The summed E-state index contributed by atoms with van der Waals surface area (Å²) in [5.74, 6) is -0.0718. The third-order valence-electron chi connectivity index (χ3n) is 5.12. The van der Waals surface area contributed by atoms with Crippen LogP contribution >= 0.6 is 11.6 Å². The number of nitrogens with one attached hydrogen (secondary N) is 3. The Kier molecular flexibility index (Phi) is 5.41. The van der Waals surface area contributed by atoms with Crippen molar-refractivity contribution in [3.05, 3.63) is 64.0 Å². The molecule has 0 radical (unpaired) electrons. The van der Waals surface area contributed by atoms with Crippen molar-refractivity contribution in [3.8, 4) is 11.1 Å². The van der Waals surface area contributed by atoms with Crippen LogP contribution in [0.2, 0.25) is 5.02 Å². The van der Waals surface area contributed by atoms with Gasteiger partial charge in [0.05, 0.1) is 16.2 Å². The molecule has 4 aromatic rings. The maximum absolute atomic E-state index is 12.8. The first kappa shape index (κ1) is 19.3. The van der Waals surface area contributed by atoms with Crippen molar-refractivity contribution < 1.29 is 4.79 Å². The van der Waals surface area contributed by atoms with Gasteiger partial charge in [0.1, 0.15) is 0 Å². The maximum atomic E-state index is 12.8. The van der Waals surface area contributed by atoms with Crippen LogP contribution in [0.4, 0.5) is 5.69 Å². The van der Waals surface area contributed by atoms with Gasteiger partial charge >= 0.3 is 0 Å². The number of hydrogen-bond donors (Lipinski definition) is 3. The van der Waals surface area contributed by atoms with Crippen molar-refractivity contribution in [2.45, 2.75) is 32.6 Å². The van der Waals surface area contributed by atoms with Crippen molar-refractivity contribution >= 4 is 45.0 Å². The van der Waals surface area contributed by atoms with Crippen LogP contribution in [0, 0.1) is 0 Å². The number of benzene rings is 2. The largest absolute Gasteiger partial charge is 0.361 e. The highest BCUT2D eigenvalue weighted by Gasteiger charge is 2.14. The summed E-state index contributed by atoms with van der Waals surface area (Å²) in [6.07, 6.45) is 5.22. The van der Waals surface area contributed by atoms with E-state index in [1.165, 1.54) is 0 Å². The fourth-order valence-corrected chi connectivity index (χ4v) is 3.85. The molecule has 0 aliphatic carbocycles. The number of hydrogen-bond acceptors (Lipinski definition) is 2. The number of aromatic amines is 2. The molecule has 0 spiro atoms. The van der Waals surface area contributed by atoms with Crippen molar-refractivity contribution in [1.82, 2.24) is 9.97 Å². The zero-order valence-electron chi connectivity index (χ0n) is 16.1. The molecule has 0 saturated heterocycles. The number of aromatic nitrogens is 2. The van der Waals surface area contributed by atoms with E-state index in [2.05, 4.69) is 22.2 Å². The van der Waals surface area contributed by atoms with E-state index < -0.39 is 0 Å². The zero-order chi connectivity index (χ0) is 20.4. The zero-order valence-corrected chi connectivity index (χ0v) is 16.9. The van der Waals surface area contributed by atoms with E-state index in [0.29, 0.717) is 28.2 Å². The SMILES string of the molecule is CCCCCC(=O)Nc1ccc2cc(-c3c[nH]c4ccccc34)c(=O)[nH]c2c1Cl. The quantitative estimate of drug-likeness (QED) is 0.350. The molecule has 2 aromatic heterocycles.